The van der Waals surface area contributed by atoms with Gasteiger partial charge in [0.05, 0.1) is 23.5 Å². The first-order valence-corrected chi connectivity index (χ1v) is 8.29. The predicted octanol–water partition coefficient (Wildman–Crippen LogP) is 4.27. The van der Waals surface area contributed by atoms with Gasteiger partial charge in [-0.1, -0.05) is 23.7 Å². The summed E-state index contributed by atoms with van der Waals surface area (Å²) in [7, 11) is 0. The van der Waals surface area contributed by atoms with E-state index in [1.165, 1.54) is 29.9 Å². The van der Waals surface area contributed by atoms with E-state index in [0.29, 0.717) is 11.4 Å². The number of nitrogens with zero attached hydrogens (tertiary/aromatic N) is 2. The van der Waals surface area contributed by atoms with Crippen molar-refractivity contribution in [2.24, 2.45) is 0 Å². The number of hydrogen-bond acceptors (Lipinski definition) is 5. The van der Waals surface area contributed by atoms with E-state index < -0.39 is 11.9 Å². The van der Waals surface area contributed by atoms with Crippen LogP contribution in [0.5, 0.6) is 0 Å². The summed E-state index contributed by atoms with van der Waals surface area (Å²) in [6.07, 6.45) is 2.23. The van der Waals surface area contributed by atoms with Crippen molar-refractivity contribution in [2.45, 2.75) is 20.1 Å². The zero-order valence-electron chi connectivity index (χ0n) is 14.2. The molecule has 0 aliphatic heterocycles. The highest BCUT2D eigenvalue weighted by Crippen LogP contribution is 2.19. The molecule has 0 atom stereocenters. The normalized spacial score (nSPS) is 10.6. The monoisotopic (exact) mass is 391 g/mol. The van der Waals surface area contributed by atoms with Gasteiger partial charge in [-0.05, 0) is 18.2 Å². The van der Waals surface area contributed by atoms with E-state index in [2.05, 4.69) is 10.4 Å². The van der Waals surface area contributed by atoms with Crippen LogP contribution in [0.2, 0.25) is 5.02 Å². The summed E-state index contributed by atoms with van der Waals surface area (Å²) in [5.41, 5.74) is 0.567. The molecule has 0 bridgehead atoms. The molecule has 0 radical (unpaired) electrons. The zero-order chi connectivity index (χ0) is 19.4. The highest BCUT2D eigenvalue weighted by Gasteiger charge is 2.11. The van der Waals surface area contributed by atoms with Crippen LogP contribution in [0.4, 0.5) is 14.9 Å². The molecule has 1 aromatic carbocycles. The van der Waals surface area contributed by atoms with Gasteiger partial charge in [0.1, 0.15) is 18.2 Å². The average Bonchev–Trinajstić information content (AvgIpc) is 3.26. The minimum Gasteiger partial charge on any atom is -0.456 e. The highest BCUT2D eigenvalue weighted by molar-refractivity contribution is 6.30. The summed E-state index contributed by atoms with van der Waals surface area (Å²) < 4.78 is 25.6. The van der Waals surface area contributed by atoms with Gasteiger partial charge in [-0.15, -0.1) is 0 Å². The Morgan fingerprint density at radius 2 is 2.15 bits per heavy atom. The third kappa shape index (κ3) is 4.73. The van der Waals surface area contributed by atoms with E-state index >= 15 is 0 Å². The molecule has 7 nitrogen and oxygen atoms in total. The van der Waals surface area contributed by atoms with Crippen molar-refractivity contribution in [1.29, 1.82) is 0 Å². The first kappa shape index (κ1) is 18.7. The summed E-state index contributed by atoms with van der Waals surface area (Å²) in [6.45, 7) is 1.45. The first-order valence-electron chi connectivity index (χ1n) is 7.91. The summed E-state index contributed by atoms with van der Waals surface area (Å²) in [4.78, 5) is 23.1. The summed E-state index contributed by atoms with van der Waals surface area (Å²) in [5.74, 6) is 0.0345. The van der Waals surface area contributed by atoms with Crippen molar-refractivity contribution in [2.75, 3.05) is 5.32 Å². The van der Waals surface area contributed by atoms with E-state index in [0.717, 1.165) is 0 Å². The molecule has 0 aliphatic carbocycles. The van der Waals surface area contributed by atoms with E-state index in [-0.39, 0.29) is 35.3 Å². The van der Waals surface area contributed by atoms with Crippen molar-refractivity contribution >= 4 is 29.2 Å². The highest BCUT2D eigenvalue weighted by atomic mass is 35.5. The molecule has 1 N–H and O–H groups in total. The van der Waals surface area contributed by atoms with Crippen LogP contribution in [-0.4, -0.2) is 21.7 Å². The van der Waals surface area contributed by atoms with Gasteiger partial charge in [0.15, 0.2) is 11.5 Å². The maximum absolute atomic E-state index is 13.8. The number of carbonyl (C=O) groups excluding carboxylic acids is 2. The number of aromatic nitrogens is 2. The second-order valence-electron chi connectivity index (χ2n) is 5.66. The SMILES string of the molecule is CC(=O)c1ccc(Cn2cc(NC(=O)OCc3cccc(Cl)c3F)cn2)o1. The first-order chi connectivity index (χ1) is 12.9. The van der Waals surface area contributed by atoms with E-state index in [9.17, 15) is 14.0 Å². The van der Waals surface area contributed by atoms with Crippen LogP contribution >= 0.6 is 11.6 Å². The molecule has 27 heavy (non-hydrogen) atoms. The Kier molecular flexibility index (Phi) is 5.56. The Labute approximate surface area is 158 Å². The fraction of sp³-hybridized carbons (Fsp3) is 0.167. The molecular formula is C18H15ClFN3O4. The molecule has 0 aliphatic rings. The number of ketones is 1. The molecule has 0 saturated heterocycles. The Bertz CT molecular complexity index is 983. The summed E-state index contributed by atoms with van der Waals surface area (Å²) in [5, 5.41) is 6.54. The summed E-state index contributed by atoms with van der Waals surface area (Å²) in [6, 6.07) is 7.72. The fourth-order valence-corrected chi connectivity index (χ4v) is 2.48. The number of anilines is 1. The largest absolute Gasteiger partial charge is 0.456 e. The van der Waals surface area contributed by atoms with Crippen molar-refractivity contribution in [3.05, 3.63) is 70.6 Å². The standard InChI is InChI=1S/C18H15ClFN3O4/c1-11(24)16-6-5-14(27-16)9-23-8-13(7-21-23)22-18(25)26-10-12-3-2-4-15(19)17(12)20/h2-8H,9-10H2,1H3,(H,22,25). The number of benzene rings is 1. The average molecular weight is 392 g/mol. The van der Waals surface area contributed by atoms with Crippen LogP contribution < -0.4 is 5.32 Å². The van der Waals surface area contributed by atoms with E-state index in [1.807, 2.05) is 0 Å². The Morgan fingerprint density at radius 3 is 2.89 bits per heavy atom. The number of hydrogen-bond donors (Lipinski definition) is 1. The minimum atomic E-state index is -0.759. The lowest BCUT2D eigenvalue weighted by atomic mass is 10.2. The molecule has 1 amide bonds. The van der Waals surface area contributed by atoms with Crippen LogP contribution in [0.3, 0.4) is 0 Å². The van der Waals surface area contributed by atoms with E-state index in [4.69, 9.17) is 20.8 Å². The topological polar surface area (TPSA) is 86.4 Å². The maximum Gasteiger partial charge on any atom is 0.412 e. The van der Waals surface area contributed by atoms with Gasteiger partial charge >= 0.3 is 6.09 Å². The molecule has 0 spiro atoms. The predicted molar refractivity (Wildman–Crippen MR) is 95.3 cm³/mol. The molecule has 140 valence electrons. The van der Waals surface area contributed by atoms with Gasteiger partial charge in [0.2, 0.25) is 0 Å². The molecule has 0 saturated carbocycles. The number of furan rings is 1. The van der Waals surface area contributed by atoms with Crippen LogP contribution in [0.1, 0.15) is 28.8 Å². The lowest BCUT2D eigenvalue weighted by molar-refractivity contribution is 0.0985. The minimum absolute atomic E-state index is 0.0383. The number of Topliss-reactive ketones (excluding diaryl/α,β-unsaturated/α-hetero) is 1. The lowest BCUT2D eigenvalue weighted by Crippen LogP contribution is -2.13. The van der Waals surface area contributed by atoms with Crippen molar-refractivity contribution in [3.8, 4) is 0 Å². The molecule has 2 aromatic heterocycles. The molecular weight excluding hydrogens is 377 g/mol. The number of nitrogens with one attached hydrogen (secondary N) is 1. The van der Waals surface area contributed by atoms with Gasteiger partial charge in [0.25, 0.3) is 0 Å². The number of ether oxygens (including phenoxy) is 1. The Balaban J connectivity index is 1.54. The van der Waals surface area contributed by atoms with Gasteiger partial charge in [-0.2, -0.15) is 5.10 Å². The summed E-state index contributed by atoms with van der Waals surface area (Å²) >= 11 is 5.68. The molecule has 0 fully saturated rings. The Hall–Kier alpha value is -3.13. The number of halogens is 2. The zero-order valence-corrected chi connectivity index (χ0v) is 15.0. The smallest absolute Gasteiger partial charge is 0.412 e. The quantitative estimate of drug-likeness (QED) is 0.634. The van der Waals surface area contributed by atoms with Crippen LogP contribution in [-0.2, 0) is 17.9 Å². The molecule has 9 heteroatoms. The van der Waals surface area contributed by atoms with Gasteiger partial charge in [-0.25, -0.2) is 9.18 Å². The molecule has 0 unspecified atom stereocenters. The van der Waals surface area contributed by atoms with Crippen LogP contribution in [0.25, 0.3) is 0 Å². The number of carbonyl (C=O) groups is 2. The Morgan fingerprint density at radius 1 is 1.33 bits per heavy atom. The second-order valence-corrected chi connectivity index (χ2v) is 6.07. The maximum atomic E-state index is 13.8. The molecule has 2 heterocycles. The van der Waals surface area contributed by atoms with Gasteiger partial charge in [-0.3, -0.25) is 14.8 Å². The van der Waals surface area contributed by atoms with E-state index in [1.54, 1.807) is 24.4 Å². The number of rotatable bonds is 6. The molecule has 3 rings (SSSR count). The number of amides is 1. The third-order valence-corrected chi connectivity index (χ3v) is 3.89. The van der Waals surface area contributed by atoms with Crippen LogP contribution in [0.15, 0.2) is 47.1 Å². The van der Waals surface area contributed by atoms with Crippen molar-refractivity contribution in [1.82, 2.24) is 9.78 Å². The van der Waals surface area contributed by atoms with Crippen molar-refractivity contribution in [3.63, 3.8) is 0 Å². The van der Waals surface area contributed by atoms with Gasteiger partial charge in [0, 0.05) is 18.7 Å². The third-order valence-electron chi connectivity index (χ3n) is 3.60. The van der Waals surface area contributed by atoms with Gasteiger partial charge < -0.3 is 9.15 Å². The second kappa shape index (κ2) is 8.05. The molecule has 3 aromatic rings. The van der Waals surface area contributed by atoms with Crippen LogP contribution in [0, 0.1) is 5.82 Å². The fourth-order valence-electron chi connectivity index (χ4n) is 2.28. The lowest BCUT2D eigenvalue weighted by Gasteiger charge is -2.07. The van der Waals surface area contributed by atoms with Crippen molar-refractivity contribution < 1.29 is 23.1 Å².